The van der Waals surface area contributed by atoms with E-state index in [2.05, 4.69) is 15.6 Å². The lowest BCUT2D eigenvalue weighted by atomic mass is 10.2. The molecule has 1 aromatic heterocycles. The van der Waals surface area contributed by atoms with E-state index in [1.54, 1.807) is 6.20 Å². The van der Waals surface area contributed by atoms with Gasteiger partial charge in [0.1, 0.15) is 6.67 Å². The fourth-order valence-corrected chi connectivity index (χ4v) is 1.92. The lowest BCUT2D eigenvalue weighted by Gasteiger charge is -2.13. The number of urea groups is 1. The van der Waals surface area contributed by atoms with E-state index in [4.69, 9.17) is 0 Å². The topological polar surface area (TPSA) is 54.0 Å². The number of amides is 2. The van der Waals surface area contributed by atoms with E-state index in [-0.39, 0.29) is 18.6 Å². The van der Waals surface area contributed by atoms with Crippen molar-refractivity contribution in [1.29, 1.82) is 0 Å². The Hall–Kier alpha value is -1.65. The Bertz CT molecular complexity index is 383. The van der Waals surface area contributed by atoms with Crippen LogP contribution in [0.25, 0.3) is 0 Å². The molecule has 0 bridgehead atoms. The number of nitrogens with one attached hydrogen (secondary N) is 2. The second-order valence-electron chi connectivity index (χ2n) is 3.73. The van der Waals surface area contributed by atoms with Crippen LogP contribution in [0.2, 0.25) is 0 Å². The first-order valence-corrected chi connectivity index (χ1v) is 5.35. The normalized spacial score (nSPS) is 17.9. The van der Waals surface area contributed by atoms with Gasteiger partial charge in [-0.15, -0.1) is 0 Å². The van der Waals surface area contributed by atoms with Gasteiger partial charge in [-0.3, -0.25) is 4.98 Å². The molecule has 4 nitrogen and oxygen atoms in total. The third-order valence-corrected chi connectivity index (χ3v) is 2.64. The first-order chi connectivity index (χ1) is 7.81. The van der Waals surface area contributed by atoms with Crippen LogP contribution in [0.1, 0.15) is 23.7 Å². The number of alkyl halides is 1. The Kier molecular flexibility index (Phi) is 3.34. The van der Waals surface area contributed by atoms with Crippen LogP contribution in [0.3, 0.4) is 0 Å². The average molecular weight is 223 g/mol. The maximum atomic E-state index is 11.9. The molecule has 1 unspecified atom stereocenters. The van der Waals surface area contributed by atoms with E-state index in [0.717, 1.165) is 18.5 Å². The van der Waals surface area contributed by atoms with Gasteiger partial charge < -0.3 is 10.6 Å². The molecule has 0 aromatic carbocycles. The highest BCUT2D eigenvalue weighted by Crippen LogP contribution is 2.28. The van der Waals surface area contributed by atoms with Crippen LogP contribution in [0.4, 0.5) is 9.18 Å². The van der Waals surface area contributed by atoms with Gasteiger partial charge in [-0.1, -0.05) is 6.07 Å². The lowest BCUT2D eigenvalue weighted by Crippen LogP contribution is -2.38. The quantitative estimate of drug-likeness (QED) is 0.812. The van der Waals surface area contributed by atoms with Crippen molar-refractivity contribution < 1.29 is 9.18 Å². The zero-order valence-electron chi connectivity index (χ0n) is 8.87. The number of carbonyl (C=O) groups is 1. The molecule has 16 heavy (non-hydrogen) atoms. The van der Waals surface area contributed by atoms with Crippen molar-refractivity contribution in [3.63, 3.8) is 0 Å². The number of aromatic nitrogens is 1. The van der Waals surface area contributed by atoms with Crippen molar-refractivity contribution in [1.82, 2.24) is 15.6 Å². The molecule has 5 heteroatoms. The molecule has 0 aliphatic heterocycles. The zero-order chi connectivity index (χ0) is 11.4. The van der Waals surface area contributed by atoms with Gasteiger partial charge in [-0.25, -0.2) is 9.18 Å². The van der Waals surface area contributed by atoms with Crippen molar-refractivity contribution in [2.24, 2.45) is 0 Å². The highest BCUT2D eigenvalue weighted by molar-refractivity contribution is 5.74. The van der Waals surface area contributed by atoms with E-state index in [0.29, 0.717) is 0 Å². The second kappa shape index (κ2) is 4.92. The molecule has 1 aliphatic carbocycles. The molecule has 1 aliphatic rings. The molecule has 2 rings (SSSR count). The van der Waals surface area contributed by atoms with Gasteiger partial charge in [0.25, 0.3) is 0 Å². The minimum atomic E-state index is -0.549. The molecule has 0 saturated heterocycles. The molecule has 86 valence electrons. The largest absolute Gasteiger partial charge is 0.336 e. The average Bonchev–Trinajstić information content (AvgIpc) is 2.70. The molecular formula is C11H14FN3O. The van der Waals surface area contributed by atoms with Crippen LogP contribution in [0.15, 0.2) is 18.3 Å². The minimum Gasteiger partial charge on any atom is -0.336 e. The van der Waals surface area contributed by atoms with Crippen molar-refractivity contribution in [3.8, 4) is 0 Å². The van der Waals surface area contributed by atoms with Gasteiger partial charge in [-0.05, 0) is 24.5 Å². The Labute approximate surface area is 93.3 Å². The number of fused-ring (bicyclic) bond motifs is 1. The van der Waals surface area contributed by atoms with Gasteiger partial charge in [0.05, 0.1) is 11.7 Å². The summed E-state index contributed by atoms with van der Waals surface area (Å²) in [5.41, 5.74) is 2.11. The third-order valence-electron chi connectivity index (χ3n) is 2.64. The van der Waals surface area contributed by atoms with Crippen LogP contribution in [0.5, 0.6) is 0 Å². The summed E-state index contributed by atoms with van der Waals surface area (Å²) >= 11 is 0. The summed E-state index contributed by atoms with van der Waals surface area (Å²) in [6.45, 7) is -0.499. The fourth-order valence-electron chi connectivity index (χ4n) is 1.92. The molecule has 0 fully saturated rings. The Balaban J connectivity index is 1.95. The van der Waals surface area contributed by atoms with Crippen molar-refractivity contribution >= 4 is 6.03 Å². The maximum absolute atomic E-state index is 11.9. The number of aryl methyl sites for hydroxylation is 1. The molecule has 1 heterocycles. The summed E-state index contributed by atoms with van der Waals surface area (Å²) in [5, 5.41) is 5.23. The highest BCUT2D eigenvalue weighted by atomic mass is 19.1. The summed E-state index contributed by atoms with van der Waals surface area (Å²) in [6.07, 6.45) is 3.50. The highest BCUT2D eigenvalue weighted by Gasteiger charge is 2.24. The van der Waals surface area contributed by atoms with Crippen LogP contribution < -0.4 is 10.6 Å². The number of halogens is 1. The van der Waals surface area contributed by atoms with E-state index in [9.17, 15) is 9.18 Å². The number of hydrogen-bond donors (Lipinski definition) is 2. The van der Waals surface area contributed by atoms with Gasteiger partial charge in [0, 0.05) is 12.7 Å². The summed E-state index contributed by atoms with van der Waals surface area (Å²) in [6, 6.07) is 3.53. The summed E-state index contributed by atoms with van der Waals surface area (Å²) < 4.78 is 11.9. The predicted molar refractivity (Wildman–Crippen MR) is 57.8 cm³/mol. The van der Waals surface area contributed by atoms with Crippen LogP contribution in [0, 0.1) is 0 Å². The number of carbonyl (C=O) groups excluding carboxylic acids is 1. The third kappa shape index (κ3) is 2.29. The molecule has 2 amide bonds. The van der Waals surface area contributed by atoms with Crippen molar-refractivity contribution in [3.05, 3.63) is 29.6 Å². The van der Waals surface area contributed by atoms with Crippen molar-refractivity contribution in [2.45, 2.75) is 18.9 Å². The molecule has 1 atom stereocenters. The monoisotopic (exact) mass is 223 g/mol. The predicted octanol–water partition coefficient (Wildman–Crippen LogP) is 1.34. The first kappa shape index (κ1) is 10.9. The van der Waals surface area contributed by atoms with Gasteiger partial charge in [0.15, 0.2) is 0 Å². The van der Waals surface area contributed by atoms with Gasteiger partial charge >= 0.3 is 6.03 Å². The van der Waals surface area contributed by atoms with Crippen LogP contribution in [-0.4, -0.2) is 24.2 Å². The summed E-state index contributed by atoms with van der Waals surface area (Å²) in [5.74, 6) is 0. The van der Waals surface area contributed by atoms with Crippen LogP contribution >= 0.6 is 0 Å². The Morgan fingerprint density at radius 2 is 2.50 bits per heavy atom. The number of pyridine rings is 1. The molecule has 0 spiro atoms. The van der Waals surface area contributed by atoms with E-state index in [1.165, 1.54) is 5.56 Å². The number of hydrogen-bond acceptors (Lipinski definition) is 2. The van der Waals surface area contributed by atoms with E-state index >= 15 is 0 Å². The second-order valence-corrected chi connectivity index (χ2v) is 3.73. The molecule has 0 saturated carbocycles. The van der Waals surface area contributed by atoms with E-state index in [1.807, 2.05) is 12.1 Å². The molecule has 2 N–H and O–H groups in total. The van der Waals surface area contributed by atoms with Gasteiger partial charge in [-0.2, -0.15) is 0 Å². The molecular weight excluding hydrogens is 209 g/mol. The SMILES string of the molecule is O=C(NCCF)NC1CCc2cccnc21. The first-order valence-electron chi connectivity index (χ1n) is 5.35. The van der Waals surface area contributed by atoms with Crippen LogP contribution in [-0.2, 0) is 6.42 Å². The molecule has 1 aromatic rings. The number of nitrogens with zero attached hydrogens (tertiary/aromatic N) is 1. The Morgan fingerprint density at radius 3 is 3.31 bits per heavy atom. The fraction of sp³-hybridized carbons (Fsp3) is 0.455. The summed E-state index contributed by atoms with van der Waals surface area (Å²) in [7, 11) is 0. The van der Waals surface area contributed by atoms with Crippen molar-refractivity contribution in [2.75, 3.05) is 13.2 Å². The minimum absolute atomic E-state index is 0.0455. The lowest BCUT2D eigenvalue weighted by molar-refractivity contribution is 0.235. The molecule has 0 radical (unpaired) electrons. The standard InChI is InChI=1S/C11H14FN3O/c12-5-7-14-11(16)15-9-4-3-8-2-1-6-13-10(8)9/h1-2,6,9H,3-5,7H2,(H2,14,15,16). The number of rotatable bonds is 3. The Morgan fingerprint density at radius 1 is 1.62 bits per heavy atom. The summed E-state index contributed by atoms with van der Waals surface area (Å²) in [4.78, 5) is 15.6. The zero-order valence-corrected chi connectivity index (χ0v) is 8.87. The van der Waals surface area contributed by atoms with E-state index < -0.39 is 6.67 Å². The maximum Gasteiger partial charge on any atom is 0.315 e. The smallest absolute Gasteiger partial charge is 0.315 e. The van der Waals surface area contributed by atoms with Gasteiger partial charge in [0.2, 0.25) is 0 Å².